The Morgan fingerprint density at radius 2 is 0.940 bits per heavy atom. The van der Waals surface area contributed by atoms with Gasteiger partial charge in [-0.15, -0.1) is 11.3 Å². The lowest BCUT2D eigenvalue weighted by molar-refractivity contribution is 0.669. The second kappa shape index (κ2) is 10.6. The van der Waals surface area contributed by atoms with Crippen molar-refractivity contribution in [1.29, 1.82) is 0 Å². The average molecular weight is 658 g/mol. The summed E-state index contributed by atoms with van der Waals surface area (Å²) >= 11 is 1.84. The zero-order chi connectivity index (χ0) is 32.8. The minimum atomic E-state index is 0.889. The number of benzene rings is 8. The fourth-order valence-corrected chi connectivity index (χ4v) is 8.88. The number of thiophene rings is 1. The maximum atomic E-state index is 6.39. The molecule has 8 aromatic carbocycles. The van der Waals surface area contributed by atoms with Crippen molar-refractivity contribution in [3.05, 3.63) is 164 Å². The highest BCUT2D eigenvalue weighted by Crippen LogP contribution is 2.43. The quantitative estimate of drug-likeness (QED) is 0.189. The van der Waals surface area contributed by atoms with Crippen molar-refractivity contribution < 1.29 is 8.83 Å². The van der Waals surface area contributed by atoms with E-state index >= 15 is 0 Å². The topological polar surface area (TPSA) is 29.5 Å². The van der Waals surface area contributed by atoms with E-state index in [0.29, 0.717) is 0 Å². The van der Waals surface area contributed by atoms with Gasteiger partial charge in [-0.1, -0.05) is 97.1 Å². The Labute approximate surface area is 290 Å². The maximum Gasteiger partial charge on any atom is 0.143 e. The molecule has 0 radical (unpaired) electrons. The minimum Gasteiger partial charge on any atom is -0.456 e. The van der Waals surface area contributed by atoms with Gasteiger partial charge in [0.05, 0.1) is 0 Å². The van der Waals surface area contributed by atoms with Gasteiger partial charge in [0.2, 0.25) is 0 Å². The van der Waals surface area contributed by atoms with Crippen molar-refractivity contribution in [2.75, 3.05) is 4.90 Å². The van der Waals surface area contributed by atoms with Crippen LogP contribution in [0.3, 0.4) is 0 Å². The van der Waals surface area contributed by atoms with Crippen LogP contribution in [0.4, 0.5) is 17.1 Å². The van der Waals surface area contributed by atoms with E-state index in [1.807, 2.05) is 35.6 Å². The summed E-state index contributed by atoms with van der Waals surface area (Å²) in [6.45, 7) is 0. The zero-order valence-electron chi connectivity index (χ0n) is 26.8. The van der Waals surface area contributed by atoms with Crippen LogP contribution >= 0.6 is 11.3 Å². The molecule has 11 rings (SSSR count). The van der Waals surface area contributed by atoms with Gasteiger partial charge in [0.1, 0.15) is 22.3 Å². The van der Waals surface area contributed by atoms with Crippen LogP contribution in [0.2, 0.25) is 0 Å². The van der Waals surface area contributed by atoms with Gasteiger partial charge in [0, 0.05) is 64.2 Å². The van der Waals surface area contributed by atoms with Crippen LogP contribution in [0.5, 0.6) is 0 Å². The van der Waals surface area contributed by atoms with Gasteiger partial charge in [0.25, 0.3) is 0 Å². The standard InChI is InChI=1S/C46H27NO2S/c1-5-14-42-34(8-1)39-24-23-33-32(11-7-12-38(33)46(39)49-42)28-16-18-29(19-17-28)47(30-21-25-43-40(26-30)35-9-2-4-13-41(35)48-43)31-20-22-37-36-10-3-6-15-44(36)50-45(37)27-31/h1-27H. The lowest BCUT2D eigenvalue weighted by Crippen LogP contribution is -2.09. The van der Waals surface area contributed by atoms with E-state index < -0.39 is 0 Å². The molecule has 4 heteroatoms. The summed E-state index contributed by atoms with van der Waals surface area (Å²) < 4.78 is 15.2. The Hall–Kier alpha value is -6.36. The second-order valence-corrected chi connectivity index (χ2v) is 14.0. The molecule has 0 fully saturated rings. The average Bonchev–Trinajstić information content (AvgIpc) is 3.86. The number of nitrogens with zero attached hydrogens (tertiary/aromatic N) is 1. The second-order valence-electron chi connectivity index (χ2n) is 12.9. The lowest BCUT2D eigenvalue weighted by atomic mass is 9.96. The van der Waals surface area contributed by atoms with E-state index in [1.165, 1.54) is 31.1 Å². The van der Waals surface area contributed by atoms with Gasteiger partial charge in [-0.05, 0) is 83.2 Å². The van der Waals surface area contributed by atoms with E-state index in [2.05, 4.69) is 144 Å². The zero-order valence-corrected chi connectivity index (χ0v) is 27.6. The highest BCUT2D eigenvalue weighted by Gasteiger charge is 2.18. The number of furan rings is 2. The molecule has 0 amide bonds. The summed E-state index contributed by atoms with van der Waals surface area (Å²) in [7, 11) is 0. The summed E-state index contributed by atoms with van der Waals surface area (Å²) in [6, 6.07) is 58.5. The number of hydrogen-bond acceptors (Lipinski definition) is 4. The summed E-state index contributed by atoms with van der Waals surface area (Å²) in [6.07, 6.45) is 0. The molecule has 11 aromatic rings. The lowest BCUT2D eigenvalue weighted by Gasteiger charge is -2.26. The third kappa shape index (κ3) is 4.09. The minimum absolute atomic E-state index is 0.889. The molecule has 0 aliphatic carbocycles. The van der Waals surface area contributed by atoms with Gasteiger partial charge in [-0.25, -0.2) is 0 Å². The first kappa shape index (κ1) is 27.6. The Bertz CT molecular complexity index is 3110. The molecule has 3 heterocycles. The largest absolute Gasteiger partial charge is 0.456 e. The summed E-state index contributed by atoms with van der Waals surface area (Å²) in [5, 5.41) is 9.41. The molecule has 3 aromatic heterocycles. The molecule has 0 bridgehead atoms. The van der Waals surface area contributed by atoms with Gasteiger partial charge in [0.15, 0.2) is 0 Å². The Morgan fingerprint density at radius 1 is 0.360 bits per heavy atom. The molecule has 0 spiro atoms. The predicted octanol–water partition coefficient (Wildman–Crippen LogP) is 14.1. The molecular formula is C46H27NO2S. The van der Waals surface area contributed by atoms with Crippen molar-refractivity contribution in [2.24, 2.45) is 0 Å². The van der Waals surface area contributed by atoms with Crippen LogP contribution in [-0.4, -0.2) is 0 Å². The number of para-hydroxylation sites is 2. The molecule has 0 N–H and O–H groups in total. The molecule has 0 aliphatic heterocycles. The highest BCUT2D eigenvalue weighted by atomic mass is 32.1. The first-order chi connectivity index (χ1) is 24.8. The maximum absolute atomic E-state index is 6.39. The van der Waals surface area contributed by atoms with Crippen LogP contribution in [0.1, 0.15) is 0 Å². The number of fused-ring (bicyclic) bond motifs is 11. The molecule has 50 heavy (non-hydrogen) atoms. The van der Waals surface area contributed by atoms with E-state index in [-0.39, 0.29) is 0 Å². The monoisotopic (exact) mass is 657 g/mol. The van der Waals surface area contributed by atoms with Crippen LogP contribution < -0.4 is 4.90 Å². The van der Waals surface area contributed by atoms with E-state index in [1.54, 1.807) is 0 Å². The summed E-state index contributed by atoms with van der Waals surface area (Å²) in [4.78, 5) is 2.36. The third-order valence-corrected chi connectivity index (χ3v) is 11.2. The van der Waals surface area contributed by atoms with Crippen LogP contribution in [0, 0.1) is 0 Å². The summed E-state index contributed by atoms with van der Waals surface area (Å²) in [5.74, 6) is 0. The van der Waals surface area contributed by atoms with Gasteiger partial charge in [-0.3, -0.25) is 0 Å². The molecule has 0 atom stereocenters. The molecular weight excluding hydrogens is 631 g/mol. The van der Waals surface area contributed by atoms with Crippen molar-refractivity contribution >= 4 is 103 Å². The Kier molecular flexibility index (Phi) is 5.83. The normalized spacial score (nSPS) is 12.0. The molecule has 234 valence electrons. The van der Waals surface area contributed by atoms with Gasteiger partial charge < -0.3 is 13.7 Å². The van der Waals surface area contributed by atoms with E-state index in [9.17, 15) is 0 Å². The van der Waals surface area contributed by atoms with Gasteiger partial charge in [-0.2, -0.15) is 0 Å². The molecule has 0 saturated heterocycles. The first-order valence-electron chi connectivity index (χ1n) is 16.8. The Balaban J connectivity index is 1.07. The Morgan fingerprint density at radius 3 is 1.80 bits per heavy atom. The van der Waals surface area contributed by atoms with Crippen molar-refractivity contribution in [1.82, 2.24) is 0 Å². The number of hydrogen-bond donors (Lipinski definition) is 0. The number of anilines is 3. The fraction of sp³-hybridized carbons (Fsp3) is 0. The van der Waals surface area contributed by atoms with Crippen molar-refractivity contribution in [3.63, 3.8) is 0 Å². The molecule has 0 aliphatic rings. The third-order valence-electron chi connectivity index (χ3n) is 10.1. The fourth-order valence-electron chi connectivity index (χ4n) is 7.74. The van der Waals surface area contributed by atoms with E-state index in [4.69, 9.17) is 8.83 Å². The molecule has 0 unspecified atom stereocenters. The van der Waals surface area contributed by atoms with Crippen LogP contribution in [-0.2, 0) is 0 Å². The summed E-state index contributed by atoms with van der Waals surface area (Å²) in [5.41, 5.74) is 9.26. The van der Waals surface area contributed by atoms with Crippen molar-refractivity contribution in [3.8, 4) is 11.1 Å². The first-order valence-corrected chi connectivity index (χ1v) is 17.6. The van der Waals surface area contributed by atoms with Gasteiger partial charge >= 0.3 is 0 Å². The predicted molar refractivity (Wildman–Crippen MR) is 212 cm³/mol. The molecule has 3 nitrogen and oxygen atoms in total. The number of rotatable bonds is 4. The van der Waals surface area contributed by atoms with Crippen LogP contribution in [0.15, 0.2) is 173 Å². The molecule has 0 saturated carbocycles. The smallest absolute Gasteiger partial charge is 0.143 e. The highest BCUT2D eigenvalue weighted by molar-refractivity contribution is 7.25. The van der Waals surface area contributed by atoms with Crippen molar-refractivity contribution in [2.45, 2.75) is 0 Å². The van der Waals surface area contributed by atoms with E-state index in [0.717, 1.165) is 71.9 Å². The SMILES string of the molecule is c1ccc2c(c1)oc1ccc(N(c3ccc(-c4cccc5c4ccc4c6ccccc6oc54)cc3)c3ccc4c(c3)sc3ccccc34)cc12. The van der Waals surface area contributed by atoms with Crippen LogP contribution in [0.25, 0.3) is 85.9 Å².